The number of nitrogens with zero attached hydrogens (tertiary/aromatic N) is 1. The molecule has 10 nitrogen and oxygen atoms in total. The minimum atomic E-state index is -0.830. The summed E-state index contributed by atoms with van der Waals surface area (Å²) in [6.07, 6.45) is 5.14. The second kappa shape index (κ2) is 17.5. The summed E-state index contributed by atoms with van der Waals surface area (Å²) in [4.78, 5) is 49.4. The van der Waals surface area contributed by atoms with Crippen LogP contribution in [0.4, 0.5) is 0 Å². The normalized spacial score (nSPS) is 19.6. The van der Waals surface area contributed by atoms with Gasteiger partial charge in [0.1, 0.15) is 12.1 Å². The summed E-state index contributed by atoms with van der Waals surface area (Å²) in [5.41, 5.74) is 16.7. The second-order valence-corrected chi connectivity index (χ2v) is 13.8. The summed E-state index contributed by atoms with van der Waals surface area (Å²) in [7, 11) is 1.66. The second-order valence-electron chi connectivity index (χ2n) is 12.7. The van der Waals surface area contributed by atoms with E-state index in [2.05, 4.69) is 46.1 Å². The van der Waals surface area contributed by atoms with Gasteiger partial charge >= 0.3 is 0 Å². The van der Waals surface area contributed by atoms with E-state index >= 15 is 0 Å². The first-order chi connectivity index (χ1) is 23.8. The van der Waals surface area contributed by atoms with Gasteiger partial charge in [0.15, 0.2) is 0 Å². The van der Waals surface area contributed by atoms with E-state index in [1.54, 1.807) is 18.8 Å². The van der Waals surface area contributed by atoms with Gasteiger partial charge in [0.2, 0.25) is 17.7 Å². The van der Waals surface area contributed by atoms with Gasteiger partial charge in [-0.1, -0.05) is 66.4 Å². The van der Waals surface area contributed by atoms with E-state index in [-0.39, 0.29) is 17.7 Å². The van der Waals surface area contributed by atoms with Crippen LogP contribution < -0.4 is 27.4 Å². The average molecular weight is 684 g/mol. The maximum Gasteiger partial charge on any atom is 0.245 e. The van der Waals surface area contributed by atoms with E-state index in [9.17, 15) is 14.4 Å². The highest BCUT2D eigenvalue weighted by atomic mass is 32.2. The molecule has 49 heavy (non-hydrogen) atoms. The Bertz CT molecular complexity index is 1740. The lowest BCUT2D eigenvalue weighted by Crippen LogP contribution is -2.57. The number of unbranched alkanes of at least 4 members (excludes halogenated alkanes) is 1. The highest BCUT2D eigenvalue weighted by Crippen LogP contribution is 2.35. The van der Waals surface area contributed by atoms with Crippen LogP contribution in [0.15, 0.2) is 82.7 Å². The zero-order valence-electron chi connectivity index (χ0n) is 28.5. The molecule has 1 aliphatic rings. The van der Waals surface area contributed by atoms with Gasteiger partial charge in [0.05, 0.1) is 6.04 Å². The van der Waals surface area contributed by atoms with Crippen molar-refractivity contribution in [3.05, 3.63) is 95.2 Å². The van der Waals surface area contributed by atoms with Gasteiger partial charge in [-0.25, -0.2) is 0 Å². The third kappa shape index (κ3) is 9.10. The van der Waals surface area contributed by atoms with Crippen molar-refractivity contribution >= 4 is 40.4 Å². The lowest BCUT2D eigenvalue weighted by atomic mass is 10.0. The number of likely N-dealkylation sites (N-methyl/N-ethyl adjacent to an activating group) is 1. The van der Waals surface area contributed by atoms with Crippen LogP contribution in [0.25, 0.3) is 10.9 Å². The third-order valence-corrected chi connectivity index (χ3v) is 10.7. The van der Waals surface area contributed by atoms with Gasteiger partial charge in [0, 0.05) is 53.4 Å². The Morgan fingerprint density at radius 2 is 1.55 bits per heavy atom. The fourth-order valence-electron chi connectivity index (χ4n) is 6.38. The molecule has 5 rings (SSSR count). The molecule has 4 aromatic rings. The van der Waals surface area contributed by atoms with E-state index in [1.807, 2.05) is 54.7 Å². The monoisotopic (exact) mass is 683 g/mol. The first-order valence-electron chi connectivity index (χ1n) is 17.2. The molecule has 0 fully saturated rings. The van der Waals surface area contributed by atoms with Gasteiger partial charge in [-0.05, 0) is 86.5 Å². The Morgan fingerprint density at radius 3 is 2.37 bits per heavy atom. The summed E-state index contributed by atoms with van der Waals surface area (Å²) >= 11 is 1.66. The Hall–Kier alpha value is -4.16. The number of aryl methyl sites for hydroxylation is 1. The quantitative estimate of drug-likeness (QED) is 0.145. The lowest BCUT2D eigenvalue weighted by Gasteiger charge is -2.32. The van der Waals surface area contributed by atoms with Gasteiger partial charge in [-0.3, -0.25) is 14.4 Å². The molecular formula is C38H49N7O3S. The van der Waals surface area contributed by atoms with Crippen molar-refractivity contribution in [2.45, 2.75) is 86.5 Å². The number of carbonyl (C=O) groups excluding carboxylic acids is 3. The van der Waals surface area contributed by atoms with Gasteiger partial charge in [0.25, 0.3) is 0 Å². The van der Waals surface area contributed by atoms with Crippen LogP contribution in [0.5, 0.6) is 0 Å². The molecule has 0 saturated carbocycles. The molecule has 260 valence electrons. The summed E-state index contributed by atoms with van der Waals surface area (Å²) in [6, 6.07) is 20.0. The molecule has 0 bridgehead atoms. The number of aromatic amines is 1. The van der Waals surface area contributed by atoms with E-state index in [4.69, 9.17) is 11.5 Å². The number of benzene rings is 3. The Labute approximate surface area is 293 Å². The minimum absolute atomic E-state index is 0.263. The number of nitrogens with two attached hydrogens (primary N) is 2. The maximum absolute atomic E-state index is 14.4. The summed E-state index contributed by atoms with van der Waals surface area (Å²) in [5, 5.41) is 10.7. The summed E-state index contributed by atoms with van der Waals surface area (Å²) in [6.45, 7) is 3.76. The number of hydrogen-bond donors (Lipinski definition) is 6. The number of nitrogens with one attached hydrogen (secondary N) is 4. The van der Waals surface area contributed by atoms with E-state index in [0.717, 1.165) is 42.9 Å². The van der Waals surface area contributed by atoms with E-state index in [0.29, 0.717) is 64.7 Å². The number of aromatic nitrogens is 1. The zero-order chi connectivity index (χ0) is 34.8. The number of fused-ring (bicyclic) bond motifs is 3. The Morgan fingerprint density at radius 1 is 0.816 bits per heavy atom. The highest BCUT2D eigenvalue weighted by Gasteiger charge is 2.34. The average Bonchev–Trinajstić information content (AvgIpc) is 3.52. The van der Waals surface area contributed by atoms with Crippen molar-refractivity contribution in [1.29, 1.82) is 0 Å². The Balaban J connectivity index is 1.55. The molecule has 3 amide bonds. The first kappa shape index (κ1) is 36.1. The van der Waals surface area contributed by atoms with Crippen molar-refractivity contribution in [3.8, 4) is 0 Å². The van der Waals surface area contributed by atoms with E-state index in [1.165, 1.54) is 4.90 Å². The van der Waals surface area contributed by atoms with Crippen molar-refractivity contribution in [2.24, 2.45) is 11.5 Å². The number of rotatable bonds is 9. The standard InChI is InChI=1S/C38H49N7O3S/c1-25-11-9-13-27-23-43-37(47)33(21-28-24-41-30-15-5-4-14-29(28)30)45(2)38(48)32(16-7-8-19-39)44-36(46)31(17-10-20-40)42-22-26-12-3-6-18-34(26)49-35(25)27/h3-6,9,11-15,18,24,31-33,41-42H,7-8,10,16-17,19-23,39-40H2,1-2H3,(H,43,47)(H,44,46)/t31-,32-,33-/m0/s1. The zero-order valence-corrected chi connectivity index (χ0v) is 29.3. The van der Waals surface area contributed by atoms with Crippen molar-refractivity contribution in [2.75, 3.05) is 20.1 Å². The van der Waals surface area contributed by atoms with Crippen molar-refractivity contribution in [3.63, 3.8) is 0 Å². The molecule has 2 heterocycles. The molecule has 3 aromatic carbocycles. The maximum atomic E-state index is 14.4. The fourth-order valence-corrected chi connectivity index (χ4v) is 7.51. The molecule has 3 atom stereocenters. The van der Waals surface area contributed by atoms with E-state index < -0.39 is 18.1 Å². The van der Waals surface area contributed by atoms with Crippen LogP contribution in [0, 0.1) is 6.92 Å². The van der Waals surface area contributed by atoms with Gasteiger partial charge in [-0.2, -0.15) is 0 Å². The number of para-hydroxylation sites is 1. The van der Waals surface area contributed by atoms with Gasteiger partial charge < -0.3 is 37.3 Å². The lowest BCUT2D eigenvalue weighted by molar-refractivity contribution is -0.142. The topological polar surface area (TPSA) is 158 Å². The SMILES string of the molecule is Cc1cccc2c1Sc1ccccc1CN[C@@H](CCCN)C(=O)N[C@@H](CCCCN)C(=O)N(C)[C@@H](Cc1c[nH]c3ccccc13)C(=O)NC2. The van der Waals surface area contributed by atoms with Crippen molar-refractivity contribution in [1.82, 2.24) is 25.8 Å². The van der Waals surface area contributed by atoms with Crippen LogP contribution in [0.1, 0.15) is 54.4 Å². The predicted molar refractivity (Wildman–Crippen MR) is 196 cm³/mol. The van der Waals surface area contributed by atoms with Crippen LogP contribution >= 0.6 is 11.8 Å². The molecule has 0 spiro atoms. The number of carbonyl (C=O) groups is 3. The smallest absolute Gasteiger partial charge is 0.245 e. The summed E-state index contributed by atoms with van der Waals surface area (Å²) < 4.78 is 0. The fraction of sp³-hybridized carbons (Fsp3) is 0.395. The first-order valence-corrected chi connectivity index (χ1v) is 18.0. The summed E-state index contributed by atoms with van der Waals surface area (Å²) in [5.74, 6) is -0.844. The van der Waals surface area contributed by atoms with Crippen molar-refractivity contribution < 1.29 is 14.4 Å². The van der Waals surface area contributed by atoms with Crippen LogP contribution in [0.2, 0.25) is 0 Å². The van der Waals surface area contributed by atoms with Gasteiger partial charge in [-0.15, -0.1) is 0 Å². The third-order valence-electron chi connectivity index (χ3n) is 9.25. The van der Waals surface area contributed by atoms with Crippen LogP contribution in [0.3, 0.4) is 0 Å². The minimum Gasteiger partial charge on any atom is -0.361 e. The molecular weight excluding hydrogens is 635 g/mol. The Kier molecular flexibility index (Phi) is 12.9. The molecule has 0 unspecified atom stereocenters. The number of H-pyrrole nitrogens is 1. The largest absolute Gasteiger partial charge is 0.361 e. The van der Waals surface area contributed by atoms with Crippen LogP contribution in [-0.2, 0) is 33.9 Å². The predicted octanol–water partition coefficient (Wildman–Crippen LogP) is 4.14. The highest BCUT2D eigenvalue weighted by molar-refractivity contribution is 7.99. The number of amides is 3. The molecule has 1 aliphatic heterocycles. The molecule has 11 heteroatoms. The molecule has 0 saturated heterocycles. The molecule has 1 aromatic heterocycles. The molecule has 8 N–H and O–H groups in total. The number of hydrogen-bond acceptors (Lipinski definition) is 7. The molecule has 0 radical (unpaired) electrons. The van der Waals surface area contributed by atoms with Crippen LogP contribution in [-0.4, -0.2) is 65.9 Å². The molecule has 0 aliphatic carbocycles.